The fourth-order valence-electron chi connectivity index (χ4n) is 3.62. The van der Waals surface area contributed by atoms with Gasteiger partial charge in [-0.15, -0.1) is 0 Å². The van der Waals surface area contributed by atoms with Crippen LogP contribution in [-0.4, -0.2) is 52.4 Å². The molecule has 0 saturated carbocycles. The minimum absolute atomic E-state index is 0.0110. The number of benzene rings is 2. The summed E-state index contributed by atoms with van der Waals surface area (Å²) in [6.07, 6.45) is 0. The molecule has 0 aliphatic heterocycles. The van der Waals surface area contributed by atoms with Gasteiger partial charge in [-0.3, -0.25) is 14.2 Å². The van der Waals surface area contributed by atoms with E-state index in [1.807, 2.05) is 69.8 Å². The molecule has 1 atom stereocenters. The molecule has 0 spiro atoms. The van der Waals surface area contributed by atoms with Gasteiger partial charge >= 0.3 is 0 Å². The van der Waals surface area contributed by atoms with Gasteiger partial charge in [-0.25, -0.2) is 4.98 Å². The van der Waals surface area contributed by atoms with Gasteiger partial charge in [0.2, 0.25) is 5.91 Å². The lowest BCUT2D eigenvalue weighted by Crippen LogP contribution is -2.45. The van der Waals surface area contributed by atoms with Crippen molar-refractivity contribution in [3.63, 3.8) is 0 Å². The van der Waals surface area contributed by atoms with Crippen molar-refractivity contribution in [3.8, 4) is 5.69 Å². The second-order valence-electron chi connectivity index (χ2n) is 9.33. The number of carbonyl (C=O) groups is 1. The highest BCUT2D eigenvalue weighted by atomic mass is 35.5. The summed E-state index contributed by atoms with van der Waals surface area (Å²) in [6, 6.07) is 14.0. The van der Waals surface area contributed by atoms with Gasteiger partial charge in [0.25, 0.3) is 5.56 Å². The molecule has 1 aromatic heterocycles. The Morgan fingerprint density at radius 1 is 1.06 bits per heavy atom. The van der Waals surface area contributed by atoms with Crippen LogP contribution in [0.2, 0.25) is 5.02 Å². The first-order chi connectivity index (χ1) is 15.0. The third-order valence-corrected chi connectivity index (χ3v) is 5.67. The molecule has 0 radical (unpaired) electrons. The molecular formula is C25H31ClN4O2. The lowest BCUT2D eigenvalue weighted by Gasteiger charge is -2.35. The summed E-state index contributed by atoms with van der Waals surface area (Å²) >= 11 is 6.09. The molecule has 0 bridgehead atoms. The highest BCUT2D eigenvalue weighted by Crippen LogP contribution is 2.28. The van der Waals surface area contributed by atoms with Gasteiger partial charge in [0.1, 0.15) is 5.82 Å². The number of nitrogens with zero attached hydrogens (tertiary/aromatic N) is 4. The first kappa shape index (κ1) is 24.0. The molecule has 0 fully saturated rings. The molecule has 0 aliphatic carbocycles. The molecule has 0 aliphatic rings. The molecule has 0 N–H and O–H groups in total. The highest BCUT2D eigenvalue weighted by Gasteiger charge is 2.33. The van der Waals surface area contributed by atoms with Gasteiger partial charge in [0.05, 0.1) is 22.6 Å². The van der Waals surface area contributed by atoms with Crippen molar-refractivity contribution >= 4 is 28.4 Å². The number of aromatic nitrogens is 2. The van der Waals surface area contributed by atoms with Crippen LogP contribution in [0.1, 0.15) is 39.6 Å². The molecule has 32 heavy (non-hydrogen) atoms. The third kappa shape index (κ3) is 5.03. The van der Waals surface area contributed by atoms with Crippen molar-refractivity contribution in [2.75, 3.05) is 27.2 Å². The monoisotopic (exact) mass is 454 g/mol. The number of fused-ring (bicyclic) bond motifs is 1. The molecular weight excluding hydrogens is 424 g/mol. The van der Waals surface area contributed by atoms with E-state index >= 15 is 0 Å². The molecule has 3 rings (SSSR count). The fourth-order valence-corrected chi connectivity index (χ4v) is 3.74. The molecule has 3 aromatic rings. The zero-order valence-corrected chi connectivity index (χ0v) is 20.3. The van der Waals surface area contributed by atoms with E-state index in [9.17, 15) is 9.59 Å². The standard InChI is InChI=1S/C25H31ClN4O2/c1-17(29(16-15-28(5)6)24(32)25(2,3)4)22-27-21-10-8-7-9-20(21)23(31)30(22)19-13-11-18(26)12-14-19/h7-14,17H,15-16H2,1-6H3. The number of amides is 1. The summed E-state index contributed by atoms with van der Waals surface area (Å²) < 4.78 is 1.60. The largest absolute Gasteiger partial charge is 0.331 e. The van der Waals surface area contributed by atoms with Crippen LogP contribution >= 0.6 is 11.6 Å². The van der Waals surface area contributed by atoms with Gasteiger partial charge in [-0.2, -0.15) is 0 Å². The Hall–Kier alpha value is -2.70. The Bertz CT molecular complexity index is 1160. The maximum absolute atomic E-state index is 13.6. The average molecular weight is 455 g/mol. The van der Waals surface area contributed by atoms with E-state index in [1.54, 1.807) is 34.9 Å². The van der Waals surface area contributed by atoms with Crippen molar-refractivity contribution < 1.29 is 4.79 Å². The normalized spacial score (nSPS) is 12.9. The fraction of sp³-hybridized carbons (Fsp3) is 0.400. The summed E-state index contributed by atoms with van der Waals surface area (Å²) in [7, 11) is 3.95. The Balaban J connectivity index is 2.24. The molecule has 2 aromatic carbocycles. The molecule has 1 amide bonds. The quantitative estimate of drug-likeness (QED) is 0.548. The number of carbonyl (C=O) groups excluding carboxylic acids is 1. The van der Waals surface area contributed by atoms with Crippen LogP contribution in [0.4, 0.5) is 0 Å². The number of rotatable bonds is 6. The second kappa shape index (κ2) is 9.43. The molecule has 7 heteroatoms. The summed E-state index contributed by atoms with van der Waals surface area (Å²) in [5, 5.41) is 1.11. The zero-order chi connectivity index (χ0) is 23.6. The molecule has 170 valence electrons. The van der Waals surface area contributed by atoms with Crippen LogP contribution in [0.5, 0.6) is 0 Å². The highest BCUT2D eigenvalue weighted by molar-refractivity contribution is 6.30. The number of hydrogen-bond donors (Lipinski definition) is 0. The van der Waals surface area contributed by atoms with E-state index in [4.69, 9.17) is 16.6 Å². The van der Waals surface area contributed by atoms with Crippen LogP contribution in [0.15, 0.2) is 53.3 Å². The van der Waals surface area contributed by atoms with Gasteiger partial charge < -0.3 is 9.80 Å². The predicted octanol–water partition coefficient (Wildman–Crippen LogP) is 4.54. The smallest absolute Gasteiger partial charge is 0.266 e. The van der Waals surface area contributed by atoms with Crippen LogP contribution in [-0.2, 0) is 4.79 Å². The van der Waals surface area contributed by atoms with E-state index in [0.717, 1.165) is 0 Å². The Morgan fingerprint density at radius 2 is 1.69 bits per heavy atom. The van der Waals surface area contributed by atoms with Gasteiger partial charge in [0, 0.05) is 23.5 Å². The second-order valence-corrected chi connectivity index (χ2v) is 9.77. The average Bonchev–Trinajstić information content (AvgIpc) is 2.73. The lowest BCUT2D eigenvalue weighted by atomic mass is 9.93. The van der Waals surface area contributed by atoms with E-state index < -0.39 is 11.5 Å². The summed E-state index contributed by atoms with van der Waals surface area (Å²) in [5.74, 6) is 0.532. The summed E-state index contributed by atoms with van der Waals surface area (Å²) in [5.41, 5.74) is 0.536. The van der Waals surface area contributed by atoms with Crippen LogP contribution in [0, 0.1) is 5.41 Å². The molecule has 1 unspecified atom stereocenters. The summed E-state index contributed by atoms with van der Waals surface area (Å²) in [6.45, 7) is 8.88. The zero-order valence-electron chi connectivity index (χ0n) is 19.6. The van der Waals surface area contributed by atoms with Gasteiger partial charge in [-0.05, 0) is 57.4 Å². The molecule has 0 saturated heterocycles. The van der Waals surface area contributed by atoms with E-state index in [-0.39, 0.29) is 11.5 Å². The van der Waals surface area contributed by atoms with E-state index in [0.29, 0.717) is 40.5 Å². The first-order valence-corrected chi connectivity index (χ1v) is 11.1. The minimum Gasteiger partial charge on any atom is -0.331 e. The van der Waals surface area contributed by atoms with Gasteiger partial charge in [0.15, 0.2) is 0 Å². The maximum atomic E-state index is 13.6. The number of halogens is 1. The molecule has 1 heterocycles. The SMILES string of the molecule is CC(c1nc2ccccc2c(=O)n1-c1ccc(Cl)cc1)N(CCN(C)C)C(=O)C(C)(C)C. The van der Waals surface area contributed by atoms with Gasteiger partial charge in [-0.1, -0.05) is 44.5 Å². The third-order valence-electron chi connectivity index (χ3n) is 5.42. The number of hydrogen-bond acceptors (Lipinski definition) is 4. The van der Waals surface area contributed by atoms with Crippen molar-refractivity contribution in [1.29, 1.82) is 0 Å². The summed E-state index contributed by atoms with van der Waals surface area (Å²) in [4.78, 5) is 35.7. The number of para-hydroxylation sites is 1. The number of likely N-dealkylation sites (N-methyl/N-ethyl adjacent to an activating group) is 1. The van der Waals surface area contributed by atoms with Crippen molar-refractivity contribution in [3.05, 3.63) is 69.7 Å². The lowest BCUT2D eigenvalue weighted by molar-refractivity contribution is -0.142. The van der Waals surface area contributed by atoms with E-state index in [1.165, 1.54) is 0 Å². The maximum Gasteiger partial charge on any atom is 0.266 e. The van der Waals surface area contributed by atoms with Crippen LogP contribution < -0.4 is 5.56 Å². The predicted molar refractivity (Wildman–Crippen MR) is 130 cm³/mol. The molecule has 6 nitrogen and oxygen atoms in total. The Kier molecular flexibility index (Phi) is 7.06. The first-order valence-electron chi connectivity index (χ1n) is 10.7. The van der Waals surface area contributed by atoms with Crippen molar-refractivity contribution in [2.45, 2.75) is 33.7 Å². The van der Waals surface area contributed by atoms with E-state index in [2.05, 4.69) is 0 Å². The van der Waals surface area contributed by atoms with Crippen LogP contribution in [0.25, 0.3) is 16.6 Å². The minimum atomic E-state index is -0.567. The Morgan fingerprint density at radius 3 is 2.28 bits per heavy atom. The van der Waals surface area contributed by atoms with Crippen LogP contribution in [0.3, 0.4) is 0 Å². The van der Waals surface area contributed by atoms with Crippen molar-refractivity contribution in [1.82, 2.24) is 19.4 Å². The topological polar surface area (TPSA) is 58.4 Å². The van der Waals surface area contributed by atoms with Crippen molar-refractivity contribution in [2.24, 2.45) is 5.41 Å². The Labute approximate surface area is 194 Å².